The lowest BCUT2D eigenvalue weighted by molar-refractivity contribution is -0.206. The molecule has 4 bridgehead atoms. The number of esters is 2. The molecule has 2 aromatic rings. The zero-order valence-electron chi connectivity index (χ0n) is 44.7. The van der Waals surface area contributed by atoms with Gasteiger partial charge in [0.2, 0.25) is 0 Å². The Morgan fingerprint density at radius 2 is 1.12 bits per heavy atom. The lowest BCUT2D eigenvalue weighted by atomic mass is 9.49. The van der Waals surface area contributed by atoms with E-state index in [1.807, 2.05) is 18.2 Å². The second-order valence-corrected chi connectivity index (χ2v) is 22.8. The summed E-state index contributed by atoms with van der Waals surface area (Å²) in [5.41, 5.74) is 1.60. The van der Waals surface area contributed by atoms with E-state index in [9.17, 15) is 19.5 Å². The van der Waals surface area contributed by atoms with Crippen LogP contribution in [0.25, 0.3) is 0 Å². The summed E-state index contributed by atoms with van der Waals surface area (Å²) in [6, 6.07) is 8.19. The Kier molecular flexibility index (Phi) is 16.4. The van der Waals surface area contributed by atoms with Crippen molar-refractivity contribution >= 4 is 17.7 Å². The molecule has 3 fully saturated rings. The number of Topliss-reactive ketones (excluding diaryl/α,β-unsaturated/α-hetero) is 1. The third-order valence-corrected chi connectivity index (χ3v) is 18.7. The number of hydrogen-bond donors (Lipinski definition) is 1. The van der Waals surface area contributed by atoms with Gasteiger partial charge < -0.3 is 38.4 Å². The second kappa shape index (κ2) is 22.4. The minimum Gasteiger partial charge on any atom is -0.493 e. The van der Waals surface area contributed by atoms with Gasteiger partial charge in [-0.3, -0.25) is 19.3 Å². The Morgan fingerprint density at radius 3 is 1.69 bits per heavy atom. The number of rotatable bonds is 24. The number of aliphatic hydroxyl groups is 1. The van der Waals surface area contributed by atoms with E-state index in [4.69, 9.17) is 28.4 Å². The van der Waals surface area contributed by atoms with Gasteiger partial charge in [-0.2, -0.15) is 0 Å². The molecule has 4 aliphatic carbocycles. The van der Waals surface area contributed by atoms with Crippen LogP contribution in [0.15, 0.2) is 36.1 Å². The lowest BCUT2D eigenvalue weighted by Crippen LogP contribution is -2.76. The Bertz CT molecular complexity index is 2310. The summed E-state index contributed by atoms with van der Waals surface area (Å²) in [5, 5.41) is 11.7. The smallest absolute Gasteiger partial charge is 0.310 e. The number of hydrogen-bond acceptors (Lipinski definition) is 12. The molecule has 4 heterocycles. The number of methoxy groups -OCH3 is 2. The van der Waals surface area contributed by atoms with E-state index in [2.05, 4.69) is 49.9 Å². The minimum atomic E-state index is -0.900. The average molecular weight is 995 g/mol. The van der Waals surface area contributed by atoms with Gasteiger partial charge in [0.1, 0.15) is 11.4 Å². The molecule has 4 aliphatic heterocycles. The van der Waals surface area contributed by atoms with Crippen molar-refractivity contribution in [2.24, 2.45) is 0 Å². The highest BCUT2D eigenvalue weighted by molar-refractivity contribution is 5.90. The number of ketones is 1. The number of carbonyl (C=O) groups excluding carboxylic acids is 3. The van der Waals surface area contributed by atoms with Crippen LogP contribution in [0, 0.1) is 0 Å². The third-order valence-electron chi connectivity index (χ3n) is 18.7. The van der Waals surface area contributed by atoms with E-state index in [1.165, 1.54) is 94.6 Å². The average Bonchev–Trinajstić information content (AvgIpc) is 3.93. The summed E-state index contributed by atoms with van der Waals surface area (Å²) in [6.07, 6.45) is 27.9. The Labute approximate surface area is 430 Å². The van der Waals surface area contributed by atoms with Crippen LogP contribution in [0.5, 0.6) is 23.0 Å². The fourth-order valence-electron chi connectivity index (χ4n) is 15.0. The largest absolute Gasteiger partial charge is 0.493 e. The molecule has 0 amide bonds. The van der Waals surface area contributed by atoms with Crippen molar-refractivity contribution < 1.29 is 47.9 Å². The highest BCUT2D eigenvalue weighted by Crippen LogP contribution is 2.67. The van der Waals surface area contributed by atoms with E-state index < -0.39 is 34.2 Å². The van der Waals surface area contributed by atoms with Gasteiger partial charge in [-0.05, 0) is 101 Å². The molecule has 2 aromatic carbocycles. The summed E-state index contributed by atoms with van der Waals surface area (Å²) in [4.78, 5) is 44.3. The number of nitrogens with zero attached hydrogens (tertiary/aromatic N) is 2. The van der Waals surface area contributed by atoms with Gasteiger partial charge in [0.15, 0.2) is 41.0 Å². The lowest BCUT2D eigenvalue weighted by Gasteiger charge is -2.62. The minimum absolute atomic E-state index is 0.00161. The van der Waals surface area contributed by atoms with Crippen molar-refractivity contribution in [2.75, 3.05) is 41.4 Å². The van der Waals surface area contributed by atoms with Gasteiger partial charge in [-0.1, -0.05) is 129 Å². The number of piperidine rings is 2. The maximum Gasteiger partial charge on any atom is 0.310 e. The predicted molar refractivity (Wildman–Crippen MR) is 278 cm³/mol. The quantitative estimate of drug-likeness (QED) is 0.0793. The van der Waals surface area contributed by atoms with Gasteiger partial charge in [-0.25, -0.2) is 0 Å². The van der Waals surface area contributed by atoms with Gasteiger partial charge in [0.05, 0.1) is 36.7 Å². The van der Waals surface area contributed by atoms with Crippen molar-refractivity contribution in [3.8, 4) is 23.0 Å². The maximum absolute atomic E-state index is 13.8. The molecule has 12 heteroatoms. The first-order valence-electron chi connectivity index (χ1n) is 28.5. The van der Waals surface area contributed by atoms with Crippen LogP contribution in [-0.2, 0) is 47.5 Å². The van der Waals surface area contributed by atoms with Crippen LogP contribution in [0.4, 0.5) is 0 Å². The molecule has 0 radical (unpaired) electrons. The molecule has 1 saturated carbocycles. The number of carbonyl (C=O) groups is 3. The molecule has 2 saturated heterocycles. The SMILES string of the molecule is CCCCCCCCCCCC(=O)OC1=CC[C@@]2(OC(=O)CCCCCCCCCCC)[C@H]3Cc4ccc(OC)c5c4[C@@]2(CCN3C)C1O5.COc1ccc2c3c1OC1C(=O)CC[C@@]4(O)[C@@H](C2)N(C)CC[C@]314. The predicted octanol–water partition coefficient (Wildman–Crippen LogP) is 11.0. The summed E-state index contributed by atoms with van der Waals surface area (Å²) in [5.74, 6) is 3.11. The van der Waals surface area contributed by atoms with Crippen molar-refractivity contribution in [3.63, 3.8) is 0 Å². The molecule has 0 aromatic heterocycles. The van der Waals surface area contributed by atoms with Gasteiger partial charge in [0, 0.05) is 42.9 Å². The summed E-state index contributed by atoms with van der Waals surface area (Å²) in [6.45, 7) is 6.22. The molecule has 72 heavy (non-hydrogen) atoms. The standard InChI is InChI=1S/C42H65NO6.C18H21NO4/c1-5-7-9-11-13-15-17-19-21-23-36(44)47-34-27-28-42(49-37(45)24-22-20-18-16-14-12-10-8-6-2)35-31-32-25-26-33(46-4)39-38(32)41(42,40(34)48-39)29-30-43(35)3;1-19-8-7-17-14-10-3-4-12(22-2)15(14)23-16(17)11(20)5-6-18(17,21)13(19)9-10/h25-27,35,40H,5-24,28-31H2,1-4H3;3-4,13,16,21H,5-9H2,1-2H3/t35-,40?,41+,42-;13-,16?,17+,18-/m11/s1. The summed E-state index contributed by atoms with van der Waals surface area (Å²) < 4.78 is 37.3. The van der Waals surface area contributed by atoms with Crippen molar-refractivity contribution in [1.82, 2.24) is 9.80 Å². The maximum atomic E-state index is 13.8. The molecule has 12 nitrogen and oxygen atoms in total. The van der Waals surface area contributed by atoms with Crippen LogP contribution in [0.2, 0.25) is 0 Å². The summed E-state index contributed by atoms with van der Waals surface area (Å²) in [7, 11) is 7.52. The molecule has 2 spiro atoms. The van der Waals surface area contributed by atoms with E-state index in [-0.39, 0.29) is 29.8 Å². The Morgan fingerprint density at radius 1 is 0.639 bits per heavy atom. The van der Waals surface area contributed by atoms with Gasteiger partial charge in [0.25, 0.3) is 0 Å². The third kappa shape index (κ3) is 9.06. The first kappa shape index (κ1) is 52.7. The van der Waals surface area contributed by atoms with Gasteiger partial charge >= 0.3 is 11.9 Å². The molecular weight excluding hydrogens is 909 g/mol. The molecule has 8 aliphatic rings. The van der Waals surface area contributed by atoms with Crippen molar-refractivity contribution in [1.29, 1.82) is 0 Å². The Balaban J connectivity index is 0.000000228. The highest BCUT2D eigenvalue weighted by atomic mass is 16.6. The van der Waals surface area contributed by atoms with E-state index in [0.29, 0.717) is 55.1 Å². The van der Waals surface area contributed by atoms with E-state index >= 15 is 0 Å². The Hall–Kier alpha value is -4.13. The number of unbranched alkanes of at least 4 members (excludes halogenated alkanes) is 16. The normalized spacial score (nSPS) is 29.9. The van der Waals surface area contributed by atoms with Crippen LogP contribution in [-0.4, -0.2) is 110 Å². The molecule has 2 unspecified atom stereocenters. The molecule has 396 valence electrons. The van der Waals surface area contributed by atoms with Crippen LogP contribution in [0.1, 0.15) is 197 Å². The highest BCUT2D eigenvalue weighted by Gasteiger charge is 2.75. The monoisotopic (exact) mass is 995 g/mol. The zero-order chi connectivity index (χ0) is 50.7. The molecular formula is C60H86N2O10. The van der Waals surface area contributed by atoms with E-state index in [1.54, 1.807) is 14.2 Å². The van der Waals surface area contributed by atoms with Crippen LogP contribution in [0.3, 0.4) is 0 Å². The number of benzene rings is 2. The number of ether oxygens (including phenoxy) is 6. The van der Waals surface area contributed by atoms with Crippen molar-refractivity contribution in [2.45, 2.75) is 234 Å². The number of likely N-dealkylation sites (tertiary alicyclic amines) is 2. The summed E-state index contributed by atoms with van der Waals surface area (Å²) >= 11 is 0. The number of likely N-dealkylation sites (N-methyl/N-ethyl adjacent to an activating group) is 2. The topological polar surface area (TPSA) is 133 Å². The van der Waals surface area contributed by atoms with Crippen molar-refractivity contribution in [3.05, 3.63) is 58.4 Å². The molecule has 8 atom stereocenters. The first-order valence-corrected chi connectivity index (χ1v) is 28.5. The fourth-order valence-corrected chi connectivity index (χ4v) is 15.0. The fraction of sp³-hybridized carbons (Fsp3) is 0.717. The second-order valence-electron chi connectivity index (χ2n) is 22.8. The molecule has 1 N–H and O–H groups in total. The zero-order valence-corrected chi connectivity index (χ0v) is 44.7. The van der Waals surface area contributed by atoms with Crippen LogP contribution >= 0.6 is 0 Å². The van der Waals surface area contributed by atoms with E-state index in [0.717, 1.165) is 87.8 Å². The van der Waals surface area contributed by atoms with Gasteiger partial charge in [-0.15, -0.1) is 0 Å². The van der Waals surface area contributed by atoms with Crippen LogP contribution < -0.4 is 18.9 Å². The molecule has 10 rings (SSSR count). The first-order chi connectivity index (χ1) is 34.9.